The van der Waals surface area contributed by atoms with E-state index in [-0.39, 0.29) is 10.8 Å². The van der Waals surface area contributed by atoms with E-state index in [0.29, 0.717) is 12.1 Å². The lowest BCUT2D eigenvalue weighted by molar-refractivity contribution is -0.0911. The van der Waals surface area contributed by atoms with Crippen LogP contribution in [0.1, 0.15) is 31.4 Å². The van der Waals surface area contributed by atoms with E-state index in [9.17, 15) is 13.5 Å². The van der Waals surface area contributed by atoms with Gasteiger partial charge in [0.25, 0.3) is 10.0 Å². The Kier molecular flexibility index (Phi) is 4.43. The van der Waals surface area contributed by atoms with Crippen molar-refractivity contribution in [3.63, 3.8) is 0 Å². The summed E-state index contributed by atoms with van der Waals surface area (Å²) in [6.45, 7) is 5.21. The third-order valence-corrected chi connectivity index (χ3v) is 6.46. The third kappa shape index (κ3) is 3.19. The molecule has 1 N–H and O–H groups in total. The molecule has 0 fully saturated rings. The van der Waals surface area contributed by atoms with Gasteiger partial charge in [-0.3, -0.25) is 0 Å². The van der Waals surface area contributed by atoms with Crippen molar-refractivity contribution < 1.29 is 13.5 Å². The van der Waals surface area contributed by atoms with Crippen LogP contribution in [0.4, 0.5) is 0 Å². The number of sulfonamides is 1. The summed E-state index contributed by atoms with van der Waals surface area (Å²) < 4.78 is 27.1. The summed E-state index contributed by atoms with van der Waals surface area (Å²) in [7, 11) is -3.96. The van der Waals surface area contributed by atoms with Gasteiger partial charge in [-0.25, -0.2) is 0 Å². The number of hydrogen-bond acceptors (Lipinski definition) is 4. The lowest BCUT2D eigenvalue weighted by Gasteiger charge is -2.42. The first-order valence-electron chi connectivity index (χ1n) is 8.20. The van der Waals surface area contributed by atoms with E-state index in [2.05, 4.69) is 5.10 Å². The maximum absolute atomic E-state index is 13.1. The number of nitrogens with zero attached hydrogens (tertiary/aromatic N) is 2. The van der Waals surface area contributed by atoms with Gasteiger partial charge in [-0.2, -0.15) is 17.9 Å². The molecule has 0 saturated carbocycles. The number of benzene rings is 2. The van der Waals surface area contributed by atoms with Crippen molar-refractivity contribution in [1.82, 2.24) is 4.41 Å². The predicted octanol–water partition coefficient (Wildman–Crippen LogP) is 3.14. The van der Waals surface area contributed by atoms with Crippen molar-refractivity contribution in [1.29, 1.82) is 0 Å². The molecule has 1 heterocycles. The average Bonchev–Trinajstić information content (AvgIpc) is 2.58. The quantitative estimate of drug-likeness (QED) is 0.916. The zero-order valence-electron chi connectivity index (χ0n) is 14.5. The van der Waals surface area contributed by atoms with Crippen LogP contribution in [0.5, 0.6) is 0 Å². The Bertz CT molecular complexity index is 888. The van der Waals surface area contributed by atoms with Crippen LogP contribution in [0, 0.1) is 12.8 Å². The van der Waals surface area contributed by atoms with Gasteiger partial charge < -0.3 is 5.11 Å². The second-order valence-electron chi connectivity index (χ2n) is 6.67. The number of hydrogen-bond donors (Lipinski definition) is 1. The minimum Gasteiger partial charge on any atom is -0.368 e. The zero-order valence-corrected chi connectivity index (χ0v) is 15.4. The number of aliphatic hydroxyl groups is 1. The van der Waals surface area contributed by atoms with E-state index in [4.69, 9.17) is 0 Å². The van der Waals surface area contributed by atoms with Crippen molar-refractivity contribution in [3.05, 3.63) is 65.7 Å². The number of hydrazone groups is 1. The van der Waals surface area contributed by atoms with Crippen molar-refractivity contribution in [2.75, 3.05) is 0 Å². The predicted molar refractivity (Wildman–Crippen MR) is 97.6 cm³/mol. The summed E-state index contributed by atoms with van der Waals surface area (Å²) in [5, 5.41) is 15.2. The van der Waals surface area contributed by atoms with Gasteiger partial charge in [-0.1, -0.05) is 55.0 Å². The molecule has 2 aromatic carbocycles. The molecule has 0 amide bonds. The van der Waals surface area contributed by atoms with Crippen molar-refractivity contribution >= 4 is 15.7 Å². The van der Waals surface area contributed by atoms with Crippen molar-refractivity contribution in [2.45, 2.75) is 37.8 Å². The Hall–Kier alpha value is -2.18. The summed E-state index contributed by atoms with van der Waals surface area (Å²) in [6, 6.07) is 16.0. The highest BCUT2D eigenvalue weighted by Gasteiger charge is 2.46. The molecule has 0 aliphatic carbocycles. The normalized spacial score (nSPS) is 24.1. The highest BCUT2D eigenvalue weighted by Crippen LogP contribution is 2.36. The molecule has 132 valence electrons. The fourth-order valence-corrected chi connectivity index (χ4v) is 4.39. The Morgan fingerprint density at radius 3 is 2.32 bits per heavy atom. The molecule has 0 radical (unpaired) electrons. The standard InChI is InChI=1S/C19H22N2O3S/c1-14-9-11-17(12-10-14)25(23,24)21-19(3,22)15(2)13-18(20-21)16-7-5-4-6-8-16/h4-12,15,22H,13H2,1-3H3. The summed E-state index contributed by atoms with van der Waals surface area (Å²) in [6.07, 6.45) is 0.497. The molecule has 1 aliphatic rings. The van der Waals surface area contributed by atoms with Gasteiger partial charge in [-0.05, 0) is 38.0 Å². The minimum atomic E-state index is -3.96. The maximum atomic E-state index is 13.1. The molecule has 0 aromatic heterocycles. The first kappa shape index (κ1) is 17.6. The van der Waals surface area contributed by atoms with Crippen LogP contribution in [-0.4, -0.2) is 29.4 Å². The third-order valence-electron chi connectivity index (χ3n) is 4.69. The second kappa shape index (κ2) is 6.28. The van der Waals surface area contributed by atoms with E-state index in [1.54, 1.807) is 12.1 Å². The highest BCUT2D eigenvalue weighted by atomic mass is 32.2. The molecule has 2 unspecified atom stereocenters. The highest BCUT2D eigenvalue weighted by molar-refractivity contribution is 7.89. The molecular weight excluding hydrogens is 336 g/mol. The van der Waals surface area contributed by atoms with Gasteiger partial charge in [0, 0.05) is 5.92 Å². The van der Waals surface area contributed by atoms with Crippen LogP contribution < -0.4 is 0 Å². The van der Waals surface area contributed by atoms with Crippen LogP contribution in [0.3, 0.4) is 0 Å². The molecule has 2 atom stereocenters. The van der Waals surface area contributed by atoms with Gasteiger partial charge >= 0.3 is 0 Å². The topological polar surface area (TPSA) is 70.0 Å². The summed E-state index contributed by atoms with van der Waals surface area (Å²) in [5.41, 5.74) is 0.873. The Morgan fingerprint density at radius 1 is 1.12 bits per heavy atom. The lowest BCUT2D eigenvalue weighted by Crippen LogP contribution is -2.54. The largest absolute Gasteiger partial charge is 0.368 e. The van der Waals surface area contributed by atoms with Crippen LogP contribution in [-0.2, 0) is 10.0 Å². The van der Waals surface area contributed by atoms with Crippen molar-refractivity contribution in [3.8, 4) is 0 Å². The molecule has 2 aromatic rings. The van der Waals surface area contributed by atoms with Crippen LogP contribution in [0.15, 0.2) is 64.6 Å². The molecule has 0 spiro atoms. The van der Waals surface area contributed by atoms with Gasteiger partial charge in [-0.15, -0.1) is 0 Å². The Morgan fingerprint density at radius 2 is 1.72 bits per heavy atom. The van der Waals surface area contributed by atoms with Crippen LogP contribution in [0.25, 0.3) is 0 Å². The van der Waals surface area contributed by atoms with Crippen molar-refractivity contribution in [2.24, 2.45) is 11.0 Å². The summed E-state index contributed by atoms with van der Waals surface area (Å²) in [5.74, 6) is -0.305. The lowest BCUT2D eigenvalue weighted by atomic mass is 9.90. The van der Waals surface area contributed by atoms with E-state index >= 15 is 0 Å². The fraction of sp³-hybridized carbons (Fsp3) is 0.316. The van der Waals surface area contributed by atoms with Crippen LogP contribution in [0.2, 0.25) is 0 Å². The Labute approximate surface area is 148 Å². The first-order valence-corrected chi connectivity index (χ1v) is 9.64. The SMILES string of the molecule is Cc1ccc(S(=O)(=O)N2N=C(c3ccccc3)CC(C)C2(C)O)cc1. The molecule has 6 heteroatoms. The first-order chi connectivity index (χ1) is 11.7. The molecule has 3 rings (SSSR count). The molecular formula is C19H22N2O3S. The molecule has 1 aliphatic heterocycles. The maximum Gasteiger partial charge on any atom is 0.281 e. The molecule has 25 heavy (non-hydrogen) atoms. The Balaban J connectivity index is 2.11. The zero-order chi connectivity index (χ0) is 18.2. The fourth-order valence-electron chi connectivity index (χ4n) is 2.84. The minimum absolute atomic E-state index is 0.114. The van der Waals surface area contributed by atoms with Crippen LogP contribution >= 0.6 is 0 Å². The van der Waals surface area contributed by atoms with Gasteiger partial charge in [0.05, 0.1) is 10.6 Å². The van der Waals surface area contributed by atoms with Gasteiger partial charge in [0.1, 0.15) is 0 Å². The van der Waals surface area contributed by atoms with Gasteiger partial charge in [0.15, 0.2) is 5.72 Å². The van der Waals surface area contributed by atoms with E-state index in [1.807, 2.05) is 44.2 Å². The second-order valence-corrected chi connectivity index (χ2v) is 8.44. The number of rotatable bonds is 3. The van der Waals surface area contributed by atoms with E-state index in [0.717, 1.165) is 15.5 Å². The smallest absolute Gasteiger partial charge is 0.281 e. The molecule has 5 nitrogen and oxygen atoms in total. The number of aryl methyl sites for hydroxylation is 1. The average molecular weight is 358 g/mol. The monoisotopic (exact) mass is 358 g/mol. The molecule has 0 bridgehead atoms. The van der Waals surface area contributed by atoms with E-state index < -0.39 is 15.7 Å². The van der Waals surface area contributed by atoms with Gasteiger partial charge in [0.2, 0.25) is 0 Å². The summed E-state index contributed by atoms with van der Waals surface area (Å²) in [4.78, 5) is 0.114. The molecule has 0 saturated heterocycles. The van der Waals surface area contributed by atoms with E-state index in [1.165, 1.54) is 19.1 Å². The summed E-state index contributed by atoms with van der Waals surface area (Å²) >= 11 is 0.